The number of Topliss-reactive ketones (excluding diaryl/α,β-unsaturated/α-hetero) is 1. The van der Waals surface area contributed by atoms with E-state index in [1.807, 2.05) is 45.0 Å². The average molecular weight is 370 g/mol. The van der Waals surface area contributed by atoms with Crippen molar-refractivity contribution in [3.05, 3.63) is 34.3 Å². The van der Waals surface area contributed by atoms with Crippen LogP contribution in [0.5, 0.6) is 0 Å². The van der Waals surface area contributed by atoms with Crippen molar-refractivity contribution in [2.24, 2.45) is 5.73 Å². The zero-order chi connectivity index (χ0) is 17.0. The Kier molecular flexibility index (Phi) is 6.32. The van der Waals surface area contributed by atoms with Gasteiger partial charge in [0.15, 0.2) is 0 Å². The van der Waals surface area contributed by atoms with E-state index in [-0.39, 0.29) is 11.3 Å². The second-order valence-corrected chi connectivity index (χ2v) is 7.71. The minimum Gasteiger partial charge on any atom is -0.481 e. The van der Waals surface area contributed by atoms with Gasteiger partial charge in [-0.15, -0.1) is 0 Å². The third-order valence-corrected chi connectivity index (χ3v) is 4.00. The van der Waals surface area contributed by atoms with Crippen LogP contribution in [0, 0.1) is 0 Å². The lowest BCUT2D eigenvalue weighted by atomic mass is 9.69. The maximum absolute atomic E-state index is 11.5. The molecule has 22 heavy (non-hydrogen) atoms. The number of carbonyl (C=O) groups excluding carboxylic acids is 1. The van der Waals surface area contributed by atoms with E-state index in [9.17, 15) is 14.7 Å². The lowest BCUT2D eigenvalue weighted by molar-refractivity contribution is -0.146. The highest BCUT2D eigenvalue weighted by Crippen LogP contribution is 2.39. The molecule has 1 saturated carbocycles. The number of aliphatic carboxylic acids is 1. The van der Waals surface area contributed by atoms with E-state index in [2.05, 4.69) is 15.9 Å². The van der Waals surface area contributed by atoms with E-state index in [1.165, 1.54) is 0 Å². The summed E-state index contributed by atoms with van der Waals surface area (Å²) in [4.78, 5) is 22.8. The predicted molar refractivity (Wildman–Crippen MR) is 90.9 cm³/mol. The molecule has 1 aromatic carbocycles. The maximum Gasteiger partial charge on any atom is 0.314 e. The summed E-state index contributed by atoms with van der Waals surface area (Å²) in [6, 6.07) is 7.34. The summed E-state index contributed by atoms with van der Waals surface area (Å²) >= 11 is 3.33. The number of rotatable bonds is 2. The first-order chi connectivity index (χ1) is 10.0. The molecule has 0 saturated heterocycles. The number of ketones is 1. The van der Waals surface area contributed by atoms with Crippen LogP contribution in [-0.4, -0.2) is 22.4 Å². The Hall–Kier alpha value is -1.20. The standard InChI is InChI=1S/C13H13BrO3.C4H11N/c14-10-3-1-9(2-4-10)13(12(16)17)7-5-11(15)6-8-13;1-4(2,3)5/h1-4H,5-8H2,(H,16,17);5H2,1-3H3. The van der Waals surface area contributed by atoms with E-state index < -0.39 is 11.4 Å². The number of hydrogen-bond donors (Lipinski definition) is 2. The molecular weight excluding hydrogens is 346 g/mol. The quantitative estimate of drug-likeness (QED) is 0.833. The summed E-state index contributed by atoms with van der Waals surface area (Å²) in [5, 5.41) is 9.47. The summed E-state index contributed by atoms with van der Waals surface area (Å²) in [5.41, 5.74) is 5.27. The number of hydrogen-bond acceptors (Lipinski definition) is 3. The molecule has 3 N–H and O–H groups in total. The molecule has 0 atom stereocenters. The molecule has 1 aliphatic rings. The van der Waals surface area contributed by atoms with Gasteiger partial charge in [-0.25, -0.2) is 0 Å². The minimum atomic E-state index is -0.880. The fraction of sp³-hybridized carbons (Fsp3) is 0.529. The summed E-state index contributed by atoms with van der Waals surface area (Å²) in [6.45, 7) is 5.90. The lowest BCUT2D eigenvalue weighted by Crippen LogP contribution is -2.39. The van der Waals surface area contributed by atoms with Gasteiger partial charge in [0.25, 0.3) is 0 Å². The van der Waals surface area contributed by atoms with Gasteiger partial charge in [-0.2, -0.15) is 0 Å². The van der Waals surface area contributed by atoms with Gasteiger partial charge >= 0.3 is 5.97 Å². The molecule has 2 rings (SSSR count). The van der Waals surface area contributed by atoms with E-state index in [0.717, 1.165) is 10.0 Å². The summed E-state index contributed by atoms with van der Waals surface area (Å²) in [6.07, 6.45) is 1.54. The molecule has 0 heterocycles. The Morgan fingerprint density at radius 2 is 1.59 bits per heavy atom. The fourth-order valence-electron chi connectivity index (χ4n) is 2.35. The fourth-order valence-corrected chi connectivity index (χ4v) is 2.61. The highest BCUT2D eigenvalue weighted by atomic mass is 79.9. The van der Waals surface area contributed by atoms with E-state index in [1.54, 1.807) is 0 Å². The van der Waals surface area contributed by atoms with Crippen molar-refractivity contribution in [2.45, 2.75) is 57.4 Å². The molecule has 1 aromatic rings. The Morgan fingerprint density at radius 3 is 1.95 bits per heavy atom. The molecule has 0 bridgehead atoms. The zero-order valence-corrected chi connectivity index (χ0v) is 14.9. The third kappa shape index (κ3) is 5.54. The van der Waals surface area contributed by atoms with Crippen molar-refractivity contribution < 1.29 is 14.7 Å². The topological polar surface area (TPSA) is 80.4 Å². The van der Waals surface area contributed by atoms with Crippen molar-refractivity contribution in [1.82, 2.24) is 0 Å². The van der Waals surface area contributed by atoms with Crippen LogP contribution in [0.2, 0.25) is 0 Å². The first kappa shape index (κ1) is 18.8. The van der Waals surface area contributed by atoms with Crippen molar-refractivity contribution in [3.63, 3.8) is 0 Å². The molecule has 0 aromatic heterocycles. The maximum atomic E-state index is 11.5. The van der Waals surface area contributed by atoms with Gasteiger partial charge in [-0.3, -0.25) is 9.59 Å². The number of carbonyl (C=O) groups is 2. The molecular formula is C17H24BrNO3. The molecule has 0 spiro atoms. The number of carboxylic acid groups (broad SMARTS) is 1. The largest absolute Gasteiger partial charge is 0.481 e. The van der Waals surface area contributed by atoms with Gasteiger partial charge in [0.2, 0.25) is 0 Å². The number of nitrogens with two attached hydrogens (primary N) is 1. The zero-order valence-electron chi connectivity index (χ0n) is 13.4. The molecule has 4 nitrogen and oxygen atoms in total. The van der Waals surface area contributed by atoms with Crippen LogP contribution in [-0.2, 0) is 15.0 Å². The van der Waals surface area contributed by atoms with Gasteiger partial charge in [0.05, 0.1) is 5.41 Å². The van der Waals surface area contributed by atoms with Crippen LogP contribution in [0.1, 0.15) is 52.0 Å². The first-order valence-corrected chi connectivity index (χ1v) is 8.14. The van der Waals surface area contributed by atoms with Gasteiger partial charge in [0.1, 0.15) is 5.78 Å². The van der Waals surface area contributed by atoms with Gasteiger partial charge in [0, 0.05) is 22.9 Å². The van der Waals surface area contributed by atoms with E-state index >= 15 is 0 Å². The van der Waals surface area contributed by atoms with E-state index in [0.29, 0.717) is 25.7 Å². The predicted octanol–water partition coefficient (Wildman–Crippen LogP) is 3.66. The monoisotopic (exact) mass is 369 g/mol. The number of halogens is 1. The summed E-state index contributed by atoms with van der Waals surface area (Å²) in [7, 11) is 0. The Morgan fingerprint density at radius 1 is 1.18 bits per heavy atom. The smallest absolute Gasteiger partial charge is 0.314 e. The van der Waals surface area contributed by atoms with Crippen LogP contribution in [0.3, 0.4) is 0 Å². The van der Waals surface area contributed by atoms with Crippen LogP contribution < -0.4 is 5.73 Å². The second kappa shape index (κ2) is 7.38. The highest BCUT2D eigenvalue weighted by molar-refractivity contribution is 9.10. The highest BCUT2D eigenvalue weighted by Gasteiger charge is 2.43. The average Bonchev–Trinajstić information content (AvgIpc) is 2.39. The van der Waals surface area contributed by atoms with Gasteiger partial charge in [-0.1, -0.05) is 28.1 Å². The summed E-state index contributed by atoms with van der Waals surface area (Å²) in [5.74, 6) is -0.661. The number of benzene rings is 1. The molecule has 0 unspecified atom stereocenters. The van der Waals surface area contributed by atoms with Gasteiger partial charge in [-0.05, 0) is 51.3 Å². The summed E-state index contributed by atoms with van der Waals surface area (Å²) < 4.78 is 0.925. The molecule has 0 aliphatic heterocycles. The SMILES string of the molecule is CC(C)(C)N.O=C1CCC(C(=O)O)(c2ccc(Br)cc2)CC1. The van der Waals surface area contributed by atoms with Crippen LogP contribution in [0.25, 0.3) is 0 Å². The van der Waals surface area contributed by atoms with Crippen LogP contribution >= 0.6 is 15.9 Å². The van der Waals surface area contributed by atoms with Gasteiger partial charge < -0.3 is 10.8 Å². The Labute approximate surface area is 140 Å². The second-order valence-electron chi connectivity index (χ2n) is 6.80. The lowest BCUT2D eigenvalue weighted by Gasteiger charge is -2.33. The molecule has 0 amide bonds. The molecule has 122 valence electrons. The molecule has 5 heteroatoms. The van der Waals surface area contributed by atoms with Crippen molar-refractivity contribution in [1.29, 1.82) is 0 Å². The normalized spacial score (nSPS) is 17.4. The molecule has 1 aliphatic carbocycles. The van der Waals surface area contributed by atoms with Crippen molar-refractivity contribution >= 4 is 27.7 Å². The minimum absolute atomic E-state index is 0. The van der Waals surface area contributed by atoms with Crippen LogP contribution in [0.4, 0.5) is 0 Å². The Balaban J connectivity index is 0.000000422. The number of carboxylic acids is 1. The van der Waals surface area contributed by atoms with Crippen molar-refractivity contribution in [3.8, 4) is 0 Å². The first-order valence-electron chi connectivity index (χ1n) is 7.35. The van der Waals surface area contributed by atoms with Crippen LogP contribution in [0.15, 0.2) is 28.7 Å². The van der Waals surface area contributed by atoms with Crippen molar-refractivity contribution in [2.75, 3.05) is 0 Å². The molecule has 0 radical (unpaired) electrons. The van der Waals surface area contributed by atoms with E-state index in [4.69, 9.17) is 5.73 Å². The third-order valence-electron chi connectivity index (χ3n) is 3.47. The molecule has 1 fully saturated rings. The Bertz CT molecular complexity index is 516.